The van der Waals surface area contributed by atoms with Crippen LogP contribution in [0.1, 0.15) is 200 Å². The fraction of sp³-hybridized carbons (Fsp3) is 0.727. The first kappa shape index (κ1) is 45.6. The minimum absolute atomic E-state index is 0.00113. The van der Waals surface area contributed by atoms with Gasteiger partial charge in [0.15, 0.2) is 0 Å². The monoisotopic (exact) mass is 669 g/mol. The lowest BCUT2D eigenvalue weighted by atomic mass is 10.0. The Hall–Kier alpha value is -2.36. The number of ether oxygens (including phenoxy) is 1. The van der Waals surface area contributed by atoms with Gasteiger partial charge in [0, 0.05) is 6.42 Å². The number of unbranched alkanes of at least 4 members (excludes halogenated alkanes) is 18. The molecule has 0 aliphatic carbocycles. The fourth-order valence-corrected chi connectivity index (χ4v) is 5.85. The van der Waals surface area contributed by atoms with Crippen molar-refractivity contribution in [3.63, 3.8) is 0 Å². The Bertz CT molecular complexity index is 850. The molecule has 0 heterocycles. The van der Waals surface area contributed by atoms with Gasteiger partial charge in [-0.2, -0.15) is 0 Å². The summed E-state index contributed by atoms with van der Waals surface area (Å²) in [4.78, 5) is 23.3. The van der Waals surface area contributed by atoms with E-state index in [4.69, 9.17) is 9.84 Å². The van der Waals surface area contributed by atoms with E-state index in [1.165, 1.54) is 89.9 Å². The third kappa shape index (κ3) is 38.1. The minimum Gasteiger partial charge on any atom is -0.481 e. The van der Waals surface area contributed by atoms with E-state index in [9.17, 15) is 9.59 Å². The summed E-state index contributed by atoms with van der Waals surface area (Å²) in [5.41, 5.74) is 0. The molecule has 0 aliphatic rings. The molecule has 0 bridgehead atoms. The highest BCUT2D eigenvalue weighted by Crippen LogP contribution is 2.18. The second kappa shape index (κ2) is 39.1. The maximum Gasteiger partial charge on any atom is 0.309 e. The standard InChI is InChI=1S/C44H76O4/c1-3-5-7-9-11-13-15-17-19-21-23-25-27-30-34-38-42(39-35-31-29-32-36-40-43(45)46)48-44(47)41-37-33-28-26-24-22-20-18-16-14-12-10-8-6-4-2/h6,8,12,14,18,20,24,26,33,37,42H,3-5,7,9-11,13,15-17,19,21-23,25,27-32,34-36,38-41H2,1-2H3,(H,45,46)/b8-6-,14-12-,20-18-,26-24-,37-33-. The van der Waals surface area contributed by atoms with Crippen LogP contribution in [0, 0.1) is 0 Å². The van der Waals surface area contributed by atoms with Gasteiger partial charge in [0.25, 0.3) is 0 Å². The molecule has 0 aliphatic heterocycles. The number of aliphatic carboxylic acids is 1. The molecule has 1 atom stereocenters. The van der Waals surface area contributed by atoms with E-state index in [2.05, 4.69) is 68.5 Å². The summed E-state index contributed by atoms with van der Waals surface area (Å²) in [5, 5.41) is 8.82. The van der Waals surface area contributed by atoms with E-state index >= 15 is 0 Å². The van der Waals surface area contributed by atoms with Crippen LogP contribution >= 0.6 is 0 Å². The molecule has 0 radical (unpaired) electrons. The molecule has 0 fully saturated rings. The predicted octanol–water partition coefficient (Wildman–Crippen LogP) is 14.1. The molecule has 1 N–H and O–H groups in total. The zero-order chi connectivity index (χ0) is 35.0. The highest BCUT2D eigenvalue weighted by Gasteiger charge is 2.13. The summed E-state index contributed by atoms with van der Waals surface area (Å²) in [6, 6.07) is 0. The third-order valence-electron chi connectivity index (χ3n) is 8.79. The first-order valence-corrected chi connectivity index (χ1v) is 20.3. The van der Waals surface area contributed by atoms with Gasteiger partial charge in [0.2, 0.25) is 0 Å². The molecule has 0 rings (SSSR count). The number of esters is 1. The van der Waals surface area contributed by atoms with Crippen molar-refractivity contribution in [3.8, 4) is 0 Å². The van der Waals surface area contributed by atoms with Crippen LogP contribution in [0.3, 0.4) is 0 Å². The van der Waals surface area contributed by atoms with Gasteiger partial charge in [-0.15, -0.1) is 0 Å². The molecule has 4 nitrogen and oxygen atoms in total. The van der Waals surface area contributed by atoms with Crippen molar-refractivity contribution in [1.29, 1.82) is 0 Å². The van der Waals surface area contributed by atoms with Gasteiger partial charge >= 0.3 is 11.9 Å². The summed E-state index contributed by atoms with van der Waals surface area (Å²) in [6.07, 6.45) is 54.0. The van der Waals surface area contributed by atoms with Crippen molar-refractivity contribution in [2.24, 2.45) is 0 Å². The Morgan fingerprint density at radius 1 is 0.479 bits per heavy atom. The molecule has 4 heteroatoms. The van der Waals surface area contributed by atoms with Crippen LogP contribution in [-0.2, 0) is 14.3 Å². The van der Waals surface area contributed by atoms with Gasteiger partial charge in [-0.05, 0) is 64.2 Å². The SMILES string of the molecule is CC/C=C\C/C=C\C/C=C\C/C=C\C/C=C\CC(=O)OC(CCCCCCCCCCCCCCCCC)CCCCCCCC(=O)O. The smallest absolute Gasteiger partial charge is 0.309 e. The zero-order valence-electron chi connectivity index (χ0n) is 31.5. The van der Waals surface area contributed by atoms with Crippen LogP contribution in [0.2, 0.25) is 0 Å². The molecule has 0 aromatic rings. The molecule has 276 valence electrons. The lowest BCUT2D eigenvalue weighted by molar-refractivity contribution is -0.148. The predicted molar refractivity (Wildman–Crippen MR) is 208 cm³/mol. The van der Waals surface area contributed by atoms with Crippen molar-refractivity contribution in [2.75, 3.05) is 0 Å². The topological polar surface area (TPSA) is 63.6 Å². The van der Waals surface area contributed by atoms with Gasteiger partial charge in [-0.1, -0.05) is 184 Å². The first-order chi connectivity index (χ1) is 23.6. The average Bonchev–Trinajstić information content (AvgIpc) is 3.07. The van der Waals surface area contributed by atoms with Crippen LogP contribution in [0.25, 0.3) is 0 Å². The van der Waals surface area contributed by atoms with E-state index in [0.717, 1.165) is 83.5 Å². The summed E-state index contributed by atoms with van der Waals surface area (Å²) >= 11 is 0. The van der Waals surface area contributed by atoms with Gasteiger partial charge < -0.3 is 9.84 Å². The number of carbonyl (C=O) groups excluding carboxylic acids is 1. The first-order valence-electron chi connectivity index (χ1n) is 20.3. The molecule has 0 spiro atoms. The summed E-state index contributed by atoms with van der Waals surface area (Å²) < 4.78 is 5.94. The molecule has 0 aromatic carbocycles. The van der Waals surface area contributed by atoms with Crippen molar-refractivity contribution >= 4 is 11.9 Å². The maximum absolute atomic E-state index is 12.6. The molecule has 0 saturated carbocycles. The second-order valence-electron chi connectivity index (χ2n) is 13.5. The summed E-state index contributed by atoms with van der Waals surface area (Å²) in [5.74, 6) is -0.832. The van der Waals surface area contributed by atoms with Crippen molar-refractivity contribution in [2.45, 2.75) is 206 Å². The Morgan fingerprint density at radius 3 is 1.23 bits per heavy atom. The van der Waals surface area contributed by atoms with Gasteiger partial charge in [-0.25, -0.2) is 0 Å². The van der Waals surface area contributed by atoms with Crippen LogP contribution in [0.5, 0.6) is 0 Å². The molecule has 0 amide bonds. The Kier molecular flexibility index (Phi) is 37.2. The van der Waals surface area contributed by atoms with Gasteiger partial charge in [0.05, 0.1) is 6.42 Å². The second-order valence-corrected chi connectivity index (χ2v) is 13.5. The molecule has 0 saturated heterocycles. The van der Waals surface area contributed by atoms with Gasteiger partial charge in [0.1, 0.15) is 6.10 Å². The average molecular weight is 669 g/mol. The van der Waals surface area contributed by atoms with Crippen molar-refractivity contribution in [1.82, 2.24) is 0 Å². The molecule has 48 heavy (non-hydrogen) atoms. The van der Waals surface area contributed by atoms with Crippen molar-refractivity contribution < 1.29 is 19.4 Å². The van der Waals surface area contributed by atoms with Gasteiger partial charge in [-0.3, -0.25) is 9.59 Å². The molecular formula is C44H76O4. The van der Waals surface area contributed by atoms with Crippen LogP contribution in [-0.4, -0.2) is 23.1 Å². The normalized spacial score (nSPS) is 12.9. The molecular weight excluding hydrogens is 592 g/mol. The van der Waals surface area contributed by atoms with E-state index in [1.54, 1.807) is 0 Å². The van der Waals surface area contributed by atoms with Crippen molar-refractivity contribution in [3.05, 3.63) is 60.8 Å². The highest BCUT2D eigenvalue weighted by atomic mass is 16.5. The number of hydrogen-bond acceptors (Lipinski definition) is 3. The van der Waals surface area contributed by atoms with Crippen LogP contribution < -0.4 is 0 Å². The number of carboxylic acid groups (broad SMARTS) is 1. The van der Waals surface area contributed by atoms with E-state index in [1.807, 2.05) is 6.08 Å². The van der Waals surface area contributed by atoms with E-state index < -0.39 is 5.97 Å². The number of allylic oxidation sites excluding steroid dienone is 9. The van der Waals surface area contributed by atoms with E-state index in [0.29, 0.717) is 6.42 Å². The summed E-state index contributed by atoms with van der Waals surface area (Å²) in [7, 11) is 0. The lowest BCUT2D eigenvalue weighted by Crippen LogP contribution is -2.18. The summed E-state index contributed by atoms with van der Waals surface area (Å²) in [6.45, 7) is 4.43. The quantitative estimate of drug-likeness (QED) is 0.0410. The zero-order valence-corrected chi connectivity index (χ0v) is 31.5. The Labute approximate surface area is 297 Å². The number of rotatable bonds is 36. The minimum atomic E-state index is -0.710. The number of carboxylic acids is 1. The largest absolute Gasteiger partial charge is 0.481 e. The maximum atomic E-state index is 12.6. The molecule has 0 aromatic heterocycles. The highest BCUT2D eigenvalue weighted by molar-refractivity contribution is 5.71. The third-order valence-corrected chi connectivity index (χ3v) is 8.79. The lowest BCUT2D eigenvalue weighted by Gasteiger charge is -2.18. The number of hydrogen-bond donors (Lipinski definition) is 1. The number of carbonyl (C=O) groups is 2. The molecule has 1 unspecified atom stereocenters. The Balaban J connectivity index is 4.19. The van der Waals surface area contributed by atoms with Crippen LogP contribution in [0.15, 0.2) is 60.8 Å². The van der Waals surface area contributed by atoms with E-state index in [-0.39, 0.29) is 18.5 Å². The van der Waals surface area contributed by atoms with Crippen LogP contribution in [0.4, 0.5) is 0 Å². The Morgan fingerprint density at radius 2 is 0.833 bits per heavy atom. The fourth-order valence-electron chi connectivity index (χ4n) is 5.85.